The number of rotatable bonds is 7. The lowest BCUT2D eigenvalue weighted by Crippen LogP contribution is -2.20. The summed E-state index contributed by atoms with van der Waals surface area (Å²) in [7, 11) is 0. The van der Waals surface area contributed by atoms with E-state index < -0.39 is 0 Å². The summed E-state index contributed by atoms with van der Waals surface area (Å²) in [6.45, 7) is 0. The van der Waals surface area contributed by atoms with Crippen LogP contribution in [0.5, 0.6) is 5.75 Å². The minimum absolute atomic E-state index is 0.102. The first-order valence-corrected chi connectivity index (χ1v) is 12.3. The van der Waals surface area contributed by atoms with E-state index in [0.717, 1.165) is 11.3 Å². The third kappa shape index (κ3) is 5.70. The van der Waals surface area contributed by atoms with Crippen LogP contribution in [0.1, 0.15) is 5.56 Å². The van der Waals surface area contributed by atoms with Crippen LogP contribution >= 0.6 is 43.6 Å². The minimum atomic E-state index is -0.281. The molecule has 0 bridgehead atoms. The molecule has 0 unspecified atom stereocenters. The van der Waals surface area contributed by atoms with Crippen molar-refractivity contribution < 1.29 is 9.90 Å². The average molecular weight is 587 g/mol. The lowest BCUT2D eigenvalue weighted by molar-refractivity contribution is -0.118. The van der Waals surface area contributed by atoms with Crippen molar-refractivity contribution >= 4 is 55.7 Å². The largest absolute Gasteiger partial charge is 0.506 e. The molecule has 33 heavy (non-hydrogen) atoms. The zero-order valence-electron chi connectivity index (χ0n) is 17.0. The van der Waals surface area contributed by atoms with Crippen LogP contribution < -0.4 is 5.43 Å². The summed E-state index contributed by atoms with van der Waals surface area (Å²) in [5, 5.41) is 23.1. The summed E-state index contributed by atoms with van der Waals surface area (Å²) in [4.78, 5) is 12.4. The molecule has 2 N–H and O–H groups in total. The highest BCUT2D eigenvalue weighted by atomic mass is 79.9. The van der Waals surface area contributed by atoms with Gasteiger partial charge < -0.3 is 5.11 Å². The van der Waals surface area contributed by atoms with E-state index in [9.17, 15) is 9.90 Å². The predicted octanol–water partition coefficient (Wildman–Crippen LogP) is 5.41. The van der Waals surface area contributed by atoms with E-state index in [0.29, 0.717) is 25.5 Å². The summed E-state index contributed by atoms with van der Waals surface area (Å²) in [6.07, 6.45) is 1.50. The molecule has 0 spiro atoms. The second-order valence-electron chi connectivity index (χ2n) is 6.76. The molecule has 0 saturated carbocycles. The molecule has 7 nitrogen and oxygen atoms in total. The van der Waals surface area contributed by atoms with Gasteiger partial charge in [-0.15, -0.1) is 10.2 Å². The van der Waals surface area contributed by atoms with E-state index in [2.05, 4.69) is 52.6 Å². The van der Waals surface area contributed by atoms with Gasteiger partial charge in [0, 0.05) is 11.3 Å². The van der Waals surface area contributed by atoms with Crippen molar-refractivity contribution in [3.63, 3.8) is 0 Å². The van der Waals surface area contributed by atoms with Gasteiger partial charge in [-0.2, -0.15) is 5.10 Å². The van der Waals surface area contributed by atoms with E-state index in [1.807, 2.05) is 65.2 Å². The first-order chi connectivity index (χ1) is 16.0. The Kier molecular flexibility index (Phi) is 7.58. The molecule has 4 aromatic rings. The molecule has 1 aromatic heterocycles. The fraction of sp³-hybridized carbons (Fsp3) is 0.0435. The summed E-state index contributed by atoms with van der Waals surface area (Å²) in [6, 6.07) is 22.9. The van der Waals surface area contributed by atoms with Crippen LogP contribution in [-0.2, 0) is 4.79 Å². The molecule has 1 heterocycles. The summed E-state index contributed by atoms with van der Waals surface area (Å²) in [5.74, 6) is 0.633. The highest BCUT2D eigenvalue weighted by Gasteiger charge is 2.17. The number of aromatic hydroxyl groups is 1. The van der Waals surface area contributed by atoms with Crippen LogP contribution in [0.4, 0.5) is 0 Å². The molecule has 166 valence electrons. The number of amides is 1. The molecule has 0 saturated heterocycles. The maximum Gasteiger partial charge on any atom is 0.250 e. The number of hydrogen-bond donors (Lipinski definition) is 2. The van der Waals surface area contributed by atoms with Gasteiger partial charge in [-0.3, -0.25) is 9.36 Å². The van der Waals surface area contributed by atoms with Gasteiger partial charge in [0.15, 0.2) is 11.0 Å². The quantitative estimate of drug-likeness (QED) is 0.172. The zero-order valence-corrected chi connectivity index (χ0v) is 21.0. The summed E-state index contributed by atoms with van der Waals surface area (Å²) < 4.78 is 2.98. The number of benzene rings is 3. The highest BCUT2D eigenvalue weighted by Crippen LogP contribution is 2.33. The summed E-state index contributed by atoms with van der Waals surface area (Å²) >= 11 is 7.81. The van der Waals surface area contributed by atoms with Crippen LogP contribution in [0.25, 0.3) is 17.1 Å². The van der Waals surface area contributed by atoms with Gasteiger partial charge in [-0.1, -0.05) is 60.3 Å². The Morgan fingerprint density at radius 2 is 1.67 bits per heavy atom. The lowest BCUT2D eigenvalue weighted by Gasteiger charge is -2.10. The number of nitrogens with one attached hydrogen (secondary N) is 1. The van der Waals surface area contributed by atoms with Gasteiger partial charge in [0.05, 0.1) is 20.9 Å². The zero-order chi connectivity index (χ0) is 23.2. The van der Waals surface area contributed by atoms with E-state index >= 15 is 0 Å². The summed E-state index contributed by atoms with van der Waals surface area (Å²) in [5.41, 5.74) is 5.06. The van der Waals surface area contributed by atoms with Crippen LogP contribution in [-0.4, -0.2) is 37.7 Å². The first kappa shape index (κ1) is 23.2. The number of thioether (sulfide) groups is 1. The van der Waals surface area contributed by atoms with Crippen LogP contribution in [0.15, 0.2) is 92.0 Å². The van der Waals surface area contributed by atoms with Crippen molar-refractivity contribution in [3.05, 3.63) is 87.3 Å². The Morgan fingerprint density at radius 1 is 1.03 bits per heavy atom. The fourth-order valence-electron chi connectivity index (χ4n) is 2.95. The number of aromatic nitrogens is 3. The number of hydrogen-bond acceptors (Lipinski definition) is 6. The number of hydrazone groups is 1. The topological polar surface area (TPSA) is 92.4 Å². The third-order valence-electron chi connectivity index (χ3n) is 4.45. The van der Waals surface area contributed by atoms with E-state index in [1.165, 1.54) is 18.0 Å². The molecular weight excluding hydrogens is 570 g/mol. The van der Waals surface area contributed by atoms with Gasteiger partial charge in [0.2, 0.25) is 0 Å². The predicted molar refractivity (Wildman–Crippen MR) is 137 cm³/mol. The van der Waals surface area contributed by atoms with Crippen molar-refractivity contribution in [3.8, 4) is 22.8 Å². The number of carbonyl (C=O) groups is 1. The number of phenolic OH excluding ortho intramolecular Hbond substituents is 1. The van der Waals surface area contributed by atoms with Crippen molar-refractivity contribution in [2.24, 2.45) is 5.10 Å². The molecule has 10 heteroatoms. The van der Waals surface area contributed by atoms with Crippen LogP contribution in [0.2, 0.25) is 0 Å². The lowest BCUT2D eigenvalue weighted by atomic mass is 10.2. The van der Waals surface area contributed by atoms with E-state index in [-0.39, 0.29) is 17.4 Å². The number of para-hydroxylation sites is 1. The van der Waals surface area contributed by atoms with E-state index in [4.69, 9.17) is 0 Å². The molecule has 0 radical (unpaired) electrons. The fourth-order valence-corrected chi connectivity index (χ4v) is 4.91. The van der Waals surface area contributed by atoms with Gasteiger partial charge >= 0.3 is 0 Å². The minimum Gasteiger partial charge on any atom is -0.506 e. The number of phenols is 1. The van der Waals surface area contributed by atoms with Crippen molar-refractivity contribution in [1.82, 2.24) is 20.2 Å². The Bertz CT molecular complexity index is 1270. The van der Waals surface area contributed by atoms with Gasteiger partial charge in [-0.05, 0) is 61.7 Å². The molecule has 3 aromatic carbocycles. The van der Waals surface area contributed by atoms with E-state index in [1.54, 1.807) is 12.1 Å². The van der Waals surface area contributed by atoms with Crippen molar-refractivity contribution in [1.29, 1.82) is 0 Å². The van der Waals surface area contributed by atoms with Crippen molar-refractivity contribution in [2.75, 3.05) is 5.75 Å². The second-order valence-corrected chi connectivity index (χ2v) is 9.41. The molecule has 0 aliphatic heterocycles. The van der Waals surface area contributed by atoms with Gasteiger partial charge in [0.25, 0.3) is 5.91 Å². The molecule has 1 amide bonds. The standard InChI is InChI=1S/C23H17Br2N5O2S/c24-18-11-15(12-19(25)21(18)32)13-26-27-20(31)14-33-23-29-28-22(16-7-3-1-4-8-16)30(23)17-9-5-2-6-10-17/h1-13,32H,14H2,(H,27,31)/b26-13+. The number of nitrogens with zero attached hydrogens (tertiary/aromatic N) is 4. The van der Waals surface area contributed by atoms with Gasteiger partial charge in [-0.25, -0.2) is 5.43 Å². The maximum atomic E-state index is 12.4. The van der Waals surface area contributed by atoms with Crippen molar-refractivity contribution in [2.45, 2.75) is 5.16 Å². The Labute approximate surface area is 211 Å². The van der Waals surface area contributed by atoms with Crippen LogP contribution in [0.3, 0.4) is 0 Å². The average Bonchev–Trinajstić information content (AvgIpc) is 3.26. The molecule has 0 aliphatic rings. The van der Waals surface area contributed by atoms with Gasteiger partial charge in [0.1, 0.15) is 5.75 Å². The molecule has 0 fully saturated rings. The highest BCUT2D eigenvalue weighted by molar-refractivity contribution is 9.11. The monoisotopic (exact) mass is 585 g/mol. The first-order valence-electron chi connectivity index (χ1n) is 9.72. The molecule has 0 atom stereocenters. The Morgan fingerprint density at radius 3 is 2.33 bits per heavy atom. The van der Waals surface area contributed by atoms with Crippen LogP contribution in [0, 0.1) is 0 Å². The maximum absolute atomic E-state index is 12.4. The second kappa shape index (κ2) is 10.8. The molecule has 0 aliphatic carbocycles. The number of halogens is 2. The normalized spacial score (nSPS) is 11.1. The molecular formula is C23H17Br2N5O2S. The smallest absolute Gasteiger partial charge is 0.250 e. The SMILES string of the molecule is O=C(CSc1nnc(-c2ccccc2)n1-c1ccccc1)N/N=C/c1cc(Br)c(O)c(Br)c1. The Balaban J connectivity index is 1.47. The molecule has 4 rings (SSSR count). The Hall–Kier alpha value is -2.95. The number of carbonyl (C=O) groups excluding carboxylic acids is 1. The third-order valence-corrected chi connectivity index (χ3v) is 6.59.